The third-order valence-corrected chi connectivity index (χ3v) is 8.08. The molecule has 0 aromatic heterocycles. The van der Waals surface area contributed by atoms with Gasteiger partial charge in [-0.15, -0.1) is 0 Å². The Labute approximate surface area is 262 Å². The van der Waals surface area contributed by atoms with E-state index in [9.17, 15) is 5.11 Å². The van der Waals surface area contributed by atoms with Gasteiger partial charge in [0.05, 0.1) is 13.2 Å². The zero-order chi connectivity index (χ0) is 30.5. The van der Waals surface area contributed by atoms with Crippen molar-refractivity contribution in [1.82, 2.24) is 0 Å². The molecule has 5 nitrogen and oxygen atoms in total. The lowest BCUT2D eigenvalue weighted by atomic mass is 9.86. The molecule has 0 fully saturated rings. The Morgan fingerprint density at radius 3 is 1.02 bits per heavy atom. The number of fused-ring (bicyclic) bond motifs is 2. The Balaban J connectivity index is 1.26. The molecule has 1 N–H and O–H groups in total. The fourth-order valence-electron chi connectivity index (χ4n) is 5.43. The van der Waals surface area contributed by atoms with Crippen molar-refractivity contribution in [3.05, 3.63) is 121 Å². The summed E-state index contributed by atoms with van der Waals surface area (Å²) in [6.07, 6.45) is 13.9. The summed E-state index contributed by atoms with van der Waals surface area (Å²) in [6, 6.07) is 30.3. The quantitative estimate of drug-likeness (QED) is 0.223. The highest BCUT2D eigenvalue weighted by atomic mass is 16.5. The van der Waals surface area contributed by atoms with Crippen LogP contribution < -0.4 is 18.9 Å². The first kappa shape index (κ1) is 31.2. The summed E-state index contributed by atoms with van der Waals surface area (Å²) >= 11 is 0. The minimum Gasteiger partial charge on any atom is -0.494 e. The van der Waals surface area contributed by atoms with Crippen LogP contribution in [-0.4, -0.2) is 18.3 Å². The van der Waals surface area contributed by atoms with Gasteiger partial charge in [-0.2, -0.15) is 0 Å². The second-order valence-corrected chi connectivity index (χ2v) is 11.4. The van der Waals surface area contributed by atoms with Crippen LogP contribution in [0.2, 0.25) is 0 Å². The van der Waals surface area contributed by atoms with E-state index < -0.39 is 5.60 Å². The van der Waals surface area contributed by atoms with Crippen molar-refractivity contribution >= 4 is 0 Å². The average molecular weight is 593 g/mol. The predicted octanol–water partition coefficient (Wildman–Crippen LogP) is 10.4. The molecule has 0 aliphatic carbocycles. The molecule has 10 rings (SSSR count). The van der Waals surface area contributed by atoms with Crippen LogP contribution in [0.3, 0.4) is 0 Å². The van der Waals surface area contributed by atoms with E-state index in [4.69, 9.17) is 18.9 Å². The van der Waals surface area contributed by atoms with E-state index in [-0.39, 0.29) is 0 Å². The number of aliphatic hydroxyl groups is 1. The third-order valence-electron chi connectivity index (χ3n) is 8.08. The first-order valence-electron chi connectivity index (χ1n) is 16.0. The Morgan fingerprint density at radius 1 is 0.432 bits per heavy atom. The highest BCUT2D eigenvalue weighted by Crippen LogP contribution is 2.34. The molecule has 6 heterocycles. The van der Waals surface area contributed by atoms with Gasteiger partial charge in [0.1, 0.15) is 40.1 Å². The van der Waals surface area contributed by atoms with Gasteiger partial charge in [-0.1, -0.05) is 88.3 Å². The molecular weight excluding hydrogens is 548 g/mol. The van der Waals surface area contributed by atoms with E-state index in [1.807, 2.05) is 97.1 Å². The van der Waals surface area contributed by atoms with Crippen molar-refractivity contribution in [3.8, 4) is 34.5 Å². The van der Waals surface area contributed by atoms with E-state index >= 15 is 0 Å². The van der Waals surface area contributed by atoms with Crippen LogP contribution in [0.4, 0.5) is 0 Å². The summed E-state index contributed by atoms with van der Waals surface area (Å²) < 4.78 is 24.0. The molecule has 0 amide bonds. The smallest absolute Gasteiger partial charge is 0.133 e. The monoisotopic (exact) mass is 592 g/mol. The molecule has 4 aromatic carbocycles. The fourth-order valence-corrected chi connectivity index (χ4v) is 5.43. The van der Waals surface area contributed by atoms with Gasteiger partial charge < -0.3 is 24.1 Å². The maximum Gasteiger partial charge on any atom is 0.133 e. The minimum atomic E-state index is -1.37. The zero-order valence-corrected chi connectivity index (χ0v) is 25.6. The Morgan fingerprint density at radius 2 is 0.705 bits per heavy atom. The van der Waals surface area contributed by atoms with Gasteiger partial charge in [0.2, 0.25) is 0 Å². The predicted molar refractivity (Wildman–Crippen MR) is 176 cm³/mol. The molecule has 5 heteroatoms. The lowest BCUT2D eigenvalue weighted by molar-refractivity contribution is 0.135. The number of benzene rings is 4. The van der Waals surface area contributed by atoms with Gasteiger partial charge in [0, 0.05) is 0 Å². The van der Waals surface area contributed by atoms with Gasteiger partial charge in [-0.05, 0) is 96.8 Å². The summed E-state index contributed by atoms with van der Waals surface area (Å²) in [5.41, 5.74) is 0.0104. The molecule has 44 heavy (non-hydrogen) atoms. The molecule has 0 radical (unpaired) electrons. The normalized spacial score (nSPS) is 16.7. The molecular formula is C39H44O5. The van der Waals surface area contributed by atoms with Crippen LogP contribution in [0, 0.1) is 0 Å². The van der Waals surface area contributed by atoms with Crippen molar-refractivity contribution in [1.29, 1.82) is 0 Å². The zero-order valence-electron chi connectivity index (χ0n) is 25.6. The van der Waals surface area contributed by atoms with Crippen LogP contribution in [-0.2, 0) is 5.60 Å². The molecule has 0 unspecified atom stereocenters. The maximum absolute atomic E-state index is 11.6. The molecule has 8 bridgehead atoms. The molecule has 4 aromatic rings. The fraction of sp³-hybridized carbons (Fsp3) is 0.333. The van der Waals surface area contributed by atoms with Crippen molar-refractivity contribution < 1.29 is 24.1 Å². The highest BCUT2D eigenvalue weighted by Gasteiger charge is 2.28. The van der Waals surface area contributed by atoms with E-state index in [0.29, 0.717) is 22.6 Å². The summed E-state index contributed by atoms with van der Waals surface area (Å²) in [7, 11) is 0. The summed E-state index contributed by atoms with van der Waals surface area (Å²) in [6.45, 7) is 5.38. The second kappa shape index (κ2) is 16.0. The van der Waals surface area contributed by atoms with Crippen molar-refractivity contribution in [3.63, 3.8) is 0 Å². The van der Waals surface area contributed by atoms with Crippen molar-refractivity contribution in [2.75, 3.05) is 13.2 Å². The van der Waals surface area contributed by atoms with Crippen LogP contribution >= 0.6 is 0 Å². The largest absolute Gasteiger partial charge is 0.494 e. The average Bonchev–Trinajstić information content (AvgIpc) is 3.06. The number of rotatable bonds is 1. The van der Waals surface area contributed by atoms with E-state index in [0.717, 1.165) is 49.1 Å². The van der Waals surface area contributed by atoms with Gasteiger partial charge in [-0.3, -0.25) is 0 Å². The Hall–Kier alpha value is -4.22. The van der Waals surface area contributed by atoms with Crippen LogP contribution in [0.1, 0.15) is 75.3 Å². The van der Waals surface area contributed by atoms with E-state index in [1.165, 1.54) is 51.4 Å². The molecule has 0 spiro atoms. The molecule has 6 aliphatic rings. The van der Waals surface area contributed by atoms with Crippen LogP contribution in [0.15, 0.2) is 110 Å². The molecule has 0 atom stereocenters. The molecule has 0 saturated carbocycles. The van der Waals surface area contributed by atoms with Gasteiger partial charge in [0.15, 0.2) is 0 Å². The first-order valence-corrected chi connectivity index (χ1v) is 16.0. The van der Waals surface area contributed by atoms with Gasteiger partial charge in [0.25, 0.3) is 0 Å². The van der Waals surface area contributed by atoms with Gasteiger partial charge in [-0.25, -0.2) is 0 Å². The summed E-state index contributed by atoms with van der Waals surface area (Å²) in [5, 5.41) is 11.6. The highest BCUT2D eigenvalue weighted by molar-refractivity contribution is 5.45. The third kappa shape index (κ3) is 8.90. The summed E-state index contributed by atoms with van der Waals surface area (Å²) in [4.78, 5) is 0. The second-order valence-electron chi connectivity index (χ2n) is 11.4. The number of ether oxygens (including phenoxy) is 4. The van der Waals surface area contributed by atoms with Gasteiger partial charge >= 0.3 is 0 Å². The topological polar surface area (TPSA) is 57.2 Å². The van der Waals surface area contributed by atoms with Crippen molar-refractivity contribution in [2.45, 2.75) is 69.8 Å². The van der Waals surface area contributed by atoms with Crippen LogP contribution in [0.25, 0.3) is 0 Å². The SMILES string of the molecule is C=CC1(O)c2ccc(cc2)Oc2ccc(cc2)OCCCCCCCCCCCCOc2ccc(cc2)Oc2ccc1cc2. The van der Waals surface area contributed by atoms with E-state index in [1.54, 1.807) is 6.08 Å². The molecule has 230 valence electrons. The summed E-state index contributed by atoms with van der Waals surface area (Å²) in [5.74, 6) is 4.51. The van der Waals surface area contributed by atoms with Crippen LogP contribution in [0.5, 0.6) is 34.5 Å². The molecule has 6 aliphatic heterocycles. The minimum absolute atomic E-state index is 0.676. The number of hydrogen-bond acceptors (Lipinski definition) is 5. The van der Waals surface area contributed by atoms with Crippen molar-refractivity contribution in [2.24, 2.45) is 0 Å². The first-order chi connectivity index (χ1) is 21.6. The Kier molecular flexibility index (Phi) is 11.4. The Bertz CT molecular complexity index is 1300. The van der Waals surface area contributed by atoms with E-state index in [2.05, 4.69) is 6.58 Å². The maximum atomic E-state index is 11.6. The lowest BCUT2D eigenvalue weighted by Gasteiger charge is -2.26. The molecule has 0 saturated heterocycles. The number of hydrogen-bond donors (Lipinski definition) is 1. The standard InChI is InChI=1S/C39H44O5/c1-2-39(40)31-13-17-35(18-14-31)43-37-25-21-33(22-26-37)41-29-11-9-7-5-3-4-6-8-10-12-30-42-34-23-27-38(28-24-34)44-36-19-15-32(39)16-20-36/h2,13-28,40H,1,3-12,29-30H2. The lowest BCUT2D eigenvalue weighted by Crippen LogP contribution is -2.24.